The van der Waals surface area contributed by atoms with Gasteiger partial charge in [0.25, 0.3) is 0 Å². The third-order valence-corrected chi connectivity index (χ3v) is 4.97. The maximum Gasteiger partial charge on any atom is 0.0705 e. The summed E-state index contributed by atoms with van der Waals surface area (Å²) < 4.78 is 0. The number of rotatable bonds is 0. The summed E-state index contributed by atoms with van der Waals surface area (Å²) in [5, 5.41) is 2.18. The fourth-order valence-corrected chi connectivity index (χ4v) is 3.87. The van der Waals surface area contributed by atoms with Crippen molar-refractivity contribution in [2.45, 2.75) is 38.0 Å². The topological polar surface area (TPSA) is 136 Å². The van der Waals surface area contributed by atoms with E-state index in [1.807, 2.05) is 13.8 Å². The minimum Gasteiger partial charge on any atom is -0.357 e. The Morgan fingerprint density at radius 2 is 1.09 bits per heavy atom. The van der Waals surface area contributed by atoms with Gasteiger partial charge in [-0.3, -0.25) is 0 Å². The SMILES string of the molecule is Cc1cc2c3c(c4cc(C)[nH]c4c2[nH]1)C(N)C(N)C(N)C3N. The molecule has 4 unspecified atom stereocenters. The van der Waals surface area contributed by atoms with Crippen LogP contribution in [0.2, 0.25) is 0 Å². The Hall–Kier alpha value is -1.86. The molecule has 0 saturated carbocycles. The molecule has 0 spiro atoms. The summed E-state index contributed by atoms with van der Waals surface area (Å²) in [6.45, 7) is 4.07. The average Bonchev–Trinajstić information content (AvgIpc) is 3.03. The lowest BCUT2D eigenvalue weighted by Crippen LogP contribution is -2.56. The van der Waals surface area contributed by atoms with Gasteiger partial charge in [-0.25, -0.2) is 0 Å². The summed E-state index contributed by atoms with van der Waals surface area (Å²) in [4.78, 5) is 6.85. The van der Waals surface area contributed by atoms with E-state index in [9.17, 15) is 0 Å². The van der Waals surface area contributed by atoms with Gasteiger partial charge in [-0.15, -0.1) is 0 Å². The van der Waals surface area contributed by atoms with Gasteiger partial charge in [0.05, 0.1) is 11.0 Å². The highest BCUT2D eigenvalue weighted by Gasteiger charge is 2.38. The smallest absolute Gasteiger partial charge is 0.0705 e. The zero-order valence-corrected chi connectivity index (χ0v) is 12.8. The Morgan fingerprint density at radius 1 is 0.727 bits per heavy atom. The molecule has 1 aliphatic rings. The molecule has 10 N–H and O–H groups in total. The fourth-order valence-electron chi connectivity index (χ4n) is 3.87. The van der Waals surface area contributed by atoms with Crippen molar-refractivity contribution in [1.29, 1.82) is 0 Å². The molecule has 0 aliphatic heterocycles. The number of H-pyrrole nitrogens is 2. The van der Waals surface area contributed by atoms with Crippen molar-refractivity contribution in [1.82, 2.24) is 9.97 Å². The number of nitrogens with one attached hydrogen (secondary N) is 2. The maximum atomic E-state index is 6.43. The second-order valence-corrected chi connectivity index (χ2v) is 6.52. The molecule has 2 heterocycles. The molecule has 0 saturated heterocycles. The van der Waals surface area contributed by atoms with Gasteiger partial charge in [0.2, 0.25) is 0 Å². The monoisotopic (exact) mass is 298 g/mol. The van der Waals surface area contributed by atoms with Gasteiger partial charge in [0.15, 0.2) is 0 Å². The molecule has 0 radical (unpaired) electrons. The van der Waals surface area contributed by atoms with E-state index in [0.717, 1.165) is 44.3 Å². The van der Waals surface area contributed by atoms with Crippen LogP contribution in [0.3, 0.4) is 0 Å². The first kappa shape index (κ1) is 13.8. The van der Waals surface area contributed by atoms with Crippen LogP contribution in [0.1, 0.15) is 34.6 Å². The van der Waals surface area contributed by atoms with Crippen molar-refractivity contribution in [2.24, 2.45) is 22.9 Å². The van der Waals surface area contributed by atoms with E-state index < -0.39 is 0 Å². The van der Waals surface area contributed by atoms with E-state index in [-0.39, 0.29) is 24.2 Å². The van der Waals surface area contributed by atoms with Crippen LogP contribution in [0.25, 0.3) is 21.8 Å². The number of aromatic nitrogens is 2. The summed E-state index contributed by atoms with van der Waals surface area (Å²) in [6.07, 6.45) is 0. The lowest BCUT2D eigenvalue weighted by molar-refractivity contribution is 0.375. The normalized spacial score (nSPS) is 28.5. The van der Waals surface area contributed by atoms with E-state index in [2.05, 4.69) is 22.1 Å². The van der Waals surface area contributed by atoms with Gasteiger partial charge >= 0.3 is 0 Å². The molecular weight excluding hydrogens is 276 g/mol. The van der Waals surface area contributed by atoms with Crippen LogP contribution in [0.4, 0.5) is 0 Å². The maximum absolute atomic E-state index is 6.43. The standard InChI is InChI=1S/C16H22N6/c1-5-3-7-9-10(12(18)14(20)13(19)11(9)17)8-4-6(2)22-16(8)15(7)21-5/h3-4,11-14,21-22H,17-20H2,1-2H3. The summed E-state index contributed by atoms with van der Waals surface area (Å²) >= 11 is 0. The highest BCUT2D eigenvalue weighted by molar-refractivity contribution is 6.08. The molecule has 116 valence electrons. The summed E-state index contributed by atoms with van der Waals surface area (Å²) in [5.74, 6) is 0. The molecule has 4 rings (SSSR count). The van der Waals surface area contributed by atoms with Gasteiger partial charge in [-0.05, 0) is 37.1 Å². The molecule has 1 aliphatic carbocycles. The van der Waals surface area contributed by atoms with Crippen molar-refractivity contribution < 1.29 is 0 Å². The van der Waals surface area contributed by atoms with Gasteiger partial charge in [0.1, 0.15) is 0 Å². The largest absolute Gasteiger partial charge is 0.357 e. The first-order chi connectivity index (χ1) is 10.4. The Kier molecular flexibility index (Phi) is 2.71. The zero-order chi connectivity index (χ0) is 15.8. The Labute approximate surface area is 128 Å². The number of nitrogens with two attached hydrogens (primary N) is 4. The van der Waals surface area contributed by atoms with Crippen LogP contribution in [0, 0.1) is 13.8 Å². The molecule has 4 atom stereocenters. The Bertz CT molecular complexity index is 816. The van der Waals surface area contributed by atoms with Crippen molar-refractivity contribution in [2.75, 3.05) is 0 Å². The molecule has 6 heteroatoms. The summed E-state index contributed by atoms with van der Waals surface area (Å²) in [6, 6.07) is 2.89. The summed E-state index contributed by atoms with van der Waals surface area (Å²) in [7, 11) is 0. The molecule has 0 fully saturated rings. The molecule has 0 bridgehead atoms. The zero-order valence-electron chi connectivity index (χ0n) is 12.8. The third-order valence-electron chi connectivity index (χ3n) is 4.97. The first-order valence-corrected chi connectivity index (χ1v) is 7.57. The average molecular weight is 298 g/mol. The van der Waals surface area contributed by atoms with Crippen LogP contribution in [0.5, 0.6) is 0 Å². The third kappa shape index (κ3) is 1.58. The quantitative estimate of drug-likeness (QED) is 0.368. The molecular formula is C16H22N6. The van der Waals surface area contributed by atoms with Crippen molar-refractivity contribution in [3.63, 3.8) is 0 Å². The highest BCUT2D eigenvalue weighted by Crippen LogP contribution is 2.43. The molecule has 0 amide bonds. The minimum atomic E-state index is -0.349. The van der Waals surface area contributed by atoms with Crippen molar-refractivity contribution in [3.05, 3.63) is 34.6 Å². The predicted molar refractivity (Wildman–Crippen MR) is 89.4 cm³/mol. The number of hydrogen-bond acceptors (Lipinski definition) is 4. The van der Waals surface area contributed by atoms with Crippen molar-refractivity contribution in [3.8, 4) is 0 Å². The number of aryl methyl sites for hydroxylation is 2. The van der Waals surface area contributed by atoms with Gasteiger partial charge in [-0.1, -0.05) is 0 Å². The molecule has 3 aromatic rings. The Morgan fingerprint density at radius 3 is 1.45 bits per heavy atom. The minimum absolute atomic E-state index is 0.317. The predicted octanol–water partition coefficient (Wildman–Crippen LogP) is 0.934. The molecule has 1 aromatic carbocycles. The van der Waals surface area contributed by atoms with Crippen LogP contribution in [-0.2, 0) is 0 Å². The van der Waals surface area contributed by atoms with E-state index >= 15 is 0 Å². The van der Waals surface area contributed by atoms with Crippen LogP contribution < -0.4 is 22.9 Å². The number of aromatic amines is 2. The van der Waals surface area contributed by atoms with E-state index in [0.29, 0.717) is 0 Å². The number of benzene rings is 1. The van der Waals surface area contributed by atoms with E-state index in [1.165, 1.54) is 0 Å². The van der Waals surface area contributed by atoms with Gasteiger partial charge in [0, 0.05) is 46.3 Å². The molecule has 6 nitrogen and oxygen atoms in total. The number of hydrogen-bond donors (Lipinski definition) is 6. The van der Waals surface area contributed by atoms with Gasteiger partial charge < -0.3 is 32.9 Å². The first-order valence-electron chi connectivity index (χ1n) is 7.57. The van der Waals surface area contributed by atoms with E-state index in [4.69, 9.17) is 22.9 Å². The fraction of sp³-hybridized carbons (Fsp3) is 0.375. The lowest BCUT2D eigenvalue weighted by Gasteiger charge is -2.38. The molecule has 22 heavy (non-hydrogen) atoms. The van der Waals surface area contributed by atoms with Gasteiger partial charge in [-0.2, -0.15) is 0 Å². The highest BCUT2D eigenvalue weighted by atomic mass is 14.9. The molecule has 2 aromatic heterocycles. The van der Waals surface area contributed by atoms with Crippen LogP contribution >= 0.6 is 0 Å². The van der Waals surface area contributed by atoms with Crippen LogP contribution in [0.15, 0.2) is 12.1 Å². The summed E-state index contributed by atoms with van der Waals surface area (Å²) in [5.41, 5.74) is 31.7. The van der Waals surface area contributed by atoms with Crippen molar-refractivity contribution >= 4 is 21.8 Å². The number of fused-ring (bicyclic) bond motifs is 6. The Balaban J connectivity index is 2.23. The second kappa shape index (κ2) is 4.33. The second-order valence-electron chi connectivity index (χ2n) is 6.52. The van der Waals surface area contributed by atoms with Crippen LogP contribution in [-0.4, -0.2) is 22.1 Å². The lowest BCUT2D eigenvalue weighted by atomic mass is 9.76. The van der Waals surface area contributed by atoms with E-state index in [1.54, 1.807) is 0 Å².